The molecule has 0 heterocycles. The fraction of sp³-hybridized carbons (Fsp3) is 0.480. The summed E-state index contributed by atoms with van der Waals surface area (Å²) < 4.78 is 13.9. The van der Waals surface area contributed by atoms with Gasteiger partial charge in [-0.3, -0.25) is 14.3 Å². The van der Waals surface area contributed by atoms with Crippen LogP contribution < -0.4 is 0 Å². The van der Waals surface area contributed by atoms with Crippen molar-refractivity contribution in [3.63, 3.8) is 0 Å². The zero-order chi connectivity index (χ0) is 23.1. The molecular formula is C25H36NO3PS2. The SMILES string of the molecule is CCCCN(CC(=O)O)CP(=O)(SCCCc1ccccc1)SCCCc1ccccc1. The Hall–Kier alpha value is -1.20. The van der Waals surface area contributed by atoms with Crippen LogP contribution in [0.5, 0.6) is 0 Å². The second kappa shape index (κ2) is 15.6. The van der Waals surface area contributed by atoms with Gasteiger partial charge in [-0.05, 0) is 49.8 Å². The molecule has 0 aliphatic rings. The fourth-order valence-corrected chi connectivity index (χ4v) is 11.6. The van der Waals surface area contributed by atoms with E-state index in [-0.39, 0.29) is 6.54 Å². The molecule has 0 aliphatic carbocycles. The molecule has 2 aromatic rings. The smallest absolute Gasteiger partial charge is 0.317 e. The Labute approximate surface area is 201 Å². The Morgan fingerprint density at radius 1 is 0.875 bits per heavy atom. The van der Waals surface area contributed by atoms with E-state index in [1.807, 2.05) is 41.3 Å². The van der Waals surface area contributed by atoms with E-state index >= 15 is 0 Å². The van der Waals surface area contributed by atoms with Gasteiger partial charge in [-0.15, -0.1) is 0 Å². The molecule has 0 bridgehead atoms. The second-order valence-electron chi connectivity index (χ2n) is 7.90. The van der Waals surface area contributed by atoms with Gasteiger partial charge in [-0.1, -0.05) is 96.8 Å². The van der Waals surface area contributed by atoms with Gasteiger partial charge in [-0.2, -0.15) is 0 Å². The van der Waals surface area contributed by atoms with Gasteiger partial charge in [0, 0.05) is 11.5 Å². The summed E-state index contributed by atoms with van der Waals surface area (Å²) in [6, 6.07) is 20.7. The van der Waals surface area contributed by atoms with Crippen LogP contribution >= 0.6 is 28.3 Å². The first kappa shape index (κ1) is 27.0. The number of aliphatic carboxylic acids is 1. The van der Waals surface area contributed by atoms with Gasteiger partial charge >= 0.3 is 5.97 Å². The number of rotatable bonds is 17. The molecular weight excluding hydrogens is 457 g/mol. The van der Waals surface area contributed by atoms with Crippen molar-refractivity contribution in [3.05, 3.63) is 71.8 Å². The normalized spacial score (nSPS) is 11.7. The summed E-state index contributed by atoms with van der Waals surface area (Å²) in [6.07, 6.45) is 6.17. The van der Waals surface area contributed by atoms with Crippen LogP contribution in [-0.4, -0.2) is 46.9 Å². The minimum absolute atomic E-state index is 0.0425. The molecule has 0 fully saturated rings. The molecule has 0 aliphatic heterocycles. The highest BCUT2D eigenvalue weighted by Crippen LogP contribution is 2.69. The zero-order valence-corrected chi connectivity index (χ0v) is 21.6. The first-order chi connectivity index (χ1) is 15.5. The lowest BCUT2D eigenvalue weighted by atomic mass is 10.1. The molecule has 0 aromatic heterocycles. The monoisotopic (exact) mass is 493 g/mol. The lowest BCUT2D eigenvalue weighted by Crippen LogP contribution is -2.31. The molecule has 32 heavy (non-hydrogen) atoms. The number of carbonyl (C=O) groups is 1. The summed E-state index contributed by atoms with van der Waals surface area (Å²) in [5, 5.41) is 9.32. The number of carboxylic acid groups (broad SMARTS) is 1. The quantitative estimate of drug-likeness (QED) is 0.188. The molecule has 176 valence electrons. The lowest BCUT2D eigenvalue weighted by Gasteiger charge is -2.26. The molecule has 7 heteroatoms. The van der Waals surface area contributed by atoms with E-state index in [0.29, 0.717) is 12.8 Å². The lowest BCUT2D eigenvalue weighted by molar-refractivity contribution is -0.138. The van der Waals surface area contributed by atoms with Gasteiger partial charge < -0.3 is 5.11 Å². The van der Waals surface area contributed by atoms with Gasteiger partial charge in [0.05, 0.1) is 12.8 Å². The van der Waals surface area contributed by atoms with Gasteiger partial charge in [0.15, 0.2) is 0 Å². The van der Waals surface area contributed by atoms with Crippen molar-refractivity contribution in [2.24, 2.45) is 0 Å². The van der Waals surface area contributed by atoms with Crippen molar-refractivity contribution in [2.45, 2.75) is 45.4 Å². The highest BCUT2D eigenvalue weighted by Gasteiger charge is 2.27. The van der Waals surface area contributed by atoms with Gasteiger partial charge in [-0.25, -0.2) is 0 Å². The Morgan fingerprint density at radius 3 is 1.81 bits per heavy atom. The van der Waals surface area contributed by atoms with Crippen LogP contribution in [0.1, 0.15) is 43.7 Å². The van der Waals surface area contributed by atoms with E-state index in [1.165, 1.54) is 11.1 Å². The fourth-order valence-electron chi connectivity index (χ4n) is 3.39. The highest BCUT2D eigenvalue weighted by molar-refractivity contribution is 8.90. The molecule has 0 spiro atoms. The van der Waals surface area contributed by atoms with E-state index in [4.69, 9.17) is 0 Å². The summed E-state index contributed by atoms with van der Waals surface area (Å²) in [4.78, 5) is 13.2. The number of hydrogen-bond acceptors (Lipinski definition) is 5. The van der Waals surface area contributed by atoms with E-state index in [9.17, 15) is 14.5 Å². The molecule has 2 aromatic carbocycles. The van der Waals surface area contributed by atoms with Crippen LogP contribution in [0.4, 0.5) is 0 Å². The van der Waals surface area contributed by atoms with Crippen molar-refractivity contribution in [1.29, 1.82) is 0 Å². The summed E-state index contributed by atoms with van der Waals surface area (Å²) in [6.45, 7) is 2.73. The molecule has 4 nitrogen and oxygen atoms in total. The second-order valence-corrected chi connectivity index (χ2v) is 16.5. The number of carboxylic acids is 1. The maximum Gasteiger partial charge on any atom is 0.317 e. The number of nitrogens with zero attached hydrogens (tertiary/aromatic N) is 1. The molecule has 0 radical (unpaired) electrons. The zero-order valence-electron chi connectivity index (χ0n) is 19.0. The van der Waals surface area contributed by atoms with E-state index in [0.717, 1.165) is 50.0 Å². The maximum atomic E-state index is 13.9. The Bertz CT molecular complexity index is 769. The van der Waals surface area contributed by atoms with Gasteiger partial charge in [0.1, 0.15) is 0 Å². The first-order valence-electron chi connectivity index (χ1n) is 11.4. The van der Waals surface area contributed by atoms with E-state index in [2.05, 4.69) is 31.2 Å². The first-order valence-corrected chi connectivity index (χ1v) is 16.5. The van der Waals surface area contributed by atoms with Crippen molar-refractivity contribution >= 4 is 34.3 Å². The van der Waals surface area contributed by atoms with Crippen LogP contribution in [0.25, 0.3) is 0 Å². The third-order valence-corrected chi connectivity index (χ3v) is 13.6. The largest absolute Gasteiger partial charge is 0.480 e. The van der Waals surface area contributed by atoms with Crippen molar-refractivity contribution in [1.82, 2.24) is 4.90 Å². The Balaban J connectivity index is 1.91. The molecule has 2 rings (SSSR count). The summed E-state index contributed by atoms with van der Waals surface area (Å²) in [5.74, 6) is 0.801. The number of unbranched alkanes of at least 4 members (excludes halogenated alkanes) is 1. The molecule has 0 saturated carbocycles. The van der Waals surface area contributed by atoms with Crippen LogP contribution in [0.3, 0.4) is 0 Å². The molecule has 0 unspecified atom stereocenters. The summed E-state index contributed by atoms with van der Waals surface area (Å²) in [5.41, 5.74) is -0.0187. The van der Waals surface area contributed by atoms with Crippen molar-refractivity contribution in [2.75, 3.05) is 30.9 Å². The maximum absolute atomic E-state index is 13.9. The van der Waals surface area contributed by atoms with Crippen LogP contribution in [0.2, 0.25) is 0 Å². The van der Waals surface area contributed by atoms with E-state index in [1.54, 1.807) is 22.8 Å². The molecule has 0 amide bonds. The van der Waals surface area contributed by atoms with Crippen molar-refractivity contribution in [3.8, 4) is 0 Å². The molecule has 0 atom stereocenters. The number of hydrogen-bond donors (Lipinski definition) is 1. The summed E-state index contributed by atoms with van der Waals surface area (Å²) in [7, 11) is 0. The average Bonchev–Trinajstić information content (AvgIpc) is 2.79. The van der Waals surface area contributed by atoms with E-state index < -0.39 is 11.5 Å². The summed E-state index contributed by atoms with van der Waals surface area (Å²) >= 11 is 3.12. The highest BCUT2D eigenvalue weighted by atomic mass is 33.1. The predicted molar refractivity (Wildman–Crippen MR) is 141 cm³/mol. The van der Waals surface area contributed by atoms with Crippen LogP contribution in [-0.2, 0) is 22.2 Å². The number of benzene rings is 2. The molecule has 0 saturated heterocycles. The standard InChI is InChI=1S/C25H36NO3PS2/c1-2-3-18-26(21-25(27)28)22-30(29,31-19-10-16-23-12-6-4-7-13-23)32-20-11-17-24-14-8-5-9-15-24/h4-9,12-15H,2-3,10-11,16-22H2,1H3,(H,27,28). The van der Waals surface area contributed by atoms with Crippen LogP contribution in [0.15, 0.2) is 60.7 Å². The minimum Gasteiger partial charge on any atom is -0.480 e. The third-order valence-electron chi connectivity index (χ3n) is 5.04. The Morgan fingerprint density at radius 2 is 1.38 bits per heavy atom. The van der Waals surface area contributed by atoms with Gasteiger partial charge in [0.25, 0.3) is 0 Å². The van der Waals surface area contributed by atoms with Gasteiger partial charge in [0.2, 0.25) is 5.55 Å². The minimum atomic E-state index is -2.62. The molecule has 1 N–H and O–H groups in total. The van der Waals surface area contributed by atoms with Crippen molar-refractivity contribution < 1.29 is 14.5 Å². The average molecular weight is 494 g/mol. The predicted octanol–water partition coefficient (Wildman–Crippen LogP) is 7.06. The number of aryl methyl sites for hydroxylation is 2. The topological polar surface area (TPSA) is 57.6 Å². The van der Waals surface area contributed by atoms with Crippen LogP contribution in [0, 0.1) is 0 Å². The Kier molecular flexibility index (Phi) is 13.2. The third kappa shape index (κ3) is 11.6.